The van der Waals surface area contributed by atoms with E-state index in [1.165, 1.54) is 7.11 Å². The molecule has 1 rings (SSSR count). The van der Waals surface area contributed by atoms with Gasteiger partial charge in [0.25, 0.3) is 0 Å². The summed E-state index contributed by atoms with van der Waals surface area (Å²) in [6.07, 6.45) is -4.43. The van der Waals surface area contributed by atoms with E-state index in [4.69, 9.17) is 9.84 Å². The number of rotatable bonds is 7. The summed E-state index contributed by atoms with van der Waals surface area (Å²) in [4.78, 5) is 11.1. The molecular formula is C13H15F3O4. The molecule has 0 aliphatic heterocycles. The fourth-order valence-corrected chi connectivity index (χ4v) is 1.67. The average Bonchev–Trinajstić information content (AvgIpc) is 2.36. The molecule has 0 saturated carbocycles. The van der Waals surface area contributed by atoms with Crippen LogP contribution < -0.4 is 4.74 Å². The molecule has 0 amide bonds. The summed E-state index contributed by atoms with van der Waals surface area (Å²) in [6, 6.07) is 6.74. The minimum atomic E-state index is -4.46. The maximum atomic E-state index is 12.0. The second-order valence-electron chi connectivity index (χ2n) is 4.18. The maximum Gasteiger partial charge on any atom is 0.411 e. The van der Waals surface area contributed by atoms with Crippen LogP contribution in [0, 0.1) is 5.92 Å². The Balaban J connectivity index is 2.65. The van der Waals surface area contributed by atoms with Gasteiger partial charge in [-0.25, -0.2) is 0 Å². The Bertz CT molecular complexity index is 445. The average molecular weight is 292 g/mol. The van der Waals surface area contributed by atoms with E-state index < -0.39 is 31.3 Å². The van der Waals surface area contributed by atoms with Crippen LogP contribution in [0.1, 0.15) is 5.56 Å². The van der Waals surface area contributed by atoms with Crippen molar-refractivity contribution in [1.29, 1.82) is 0 Å². The number of aliphatic carboxylic acids is 1. The number of ether oxygens (including phenoxy) is 2. The zero-order valence-corrected chi connectivity index (χ0v) is 10.8. The first-order valence-corrected chi connectivity index (χ1v) is 5.82. The molecule has 1 unspecified atom stereocenters. The zero-order valence-electron chi connectivity index (χ0n) is 10.8. The maximum absolute atomic E-state index is 12.0. The van der Waals surface area contributed by atoms with Crippen LogP contribution in [0.25, 0.3) is 0 Å². The lowest BCUT2D eigenvalue weighted by molar-refractivity contribution is -0.179. The quantitative estimate of drug-likeness (QED) is 0.839. The third kappa shape index (κ3) is 5.48. The van der Waals surface area contributed by atoms with Gasteiger partial charge in [-0.2, -0.15) is 13.2 Å². The van der Waals surface area contributed by atoms with Gasteiger partial charge >= 0.3 is 12.1 Å². The normalized spacial score (nSPS) is 13.0. The van der Waals surface area contributed by atoms with Gasteiger partial charge in [-0.3, -0.25) is 4.79 Å². The van der Waals surface area contributed by atoms with E-state index in [0.717, 1.165) is 0 Å². The Morgan fingerprint density at radius 2 is 2.00 bits per heavy atom. The highest BCUT2D eigenvalue weighted by Gasteiger charge is 2.29. The van der Waals surface area contributed by atoms with E-state index in [1.54, 1.807) is 24.3 Å². The summed E-state index contributed by atoms with van der Waals surface area (Å²) < 4.78 is 45.4. The van der Waals surface area contributed by atoms with E-state index in [1.807, 2.05) is 0 Å². The van der Waals surface area contributed by atoms with E-state index in [9.17, 15) is 18.0 Å². The SMILES string of the molecule is COc1ccccc1CC(COCC(F)(F)F)C(=O)O. The molecule has 0 aliphatic carbocycles. The van der Waals surface area contributed by atoms with Crippen molar-refractivity contribution in [2.24, 2.45) is 5.92 Å². The molecule has 112 valence electrons. The molecule has 20 heavy (non-hydrogen) atoms. The van der Waals surface area contributed by atoms with E-state index >= 15 is 0 Å². The summed E-state index contributed by atoms with van der Waals surface area (Å²) in [5.41, 5.74) is 0.609. The third-order valence-corrected chi connectivity index (χ3v) is 2.59. The lowest BCUT2D eigenvalue weighted by atomic mass is 9.99. The number of halogens is 3. The third-order valence-electron chi connectivity index (χ3n) is 2.59. The molecule has 7 heteroatoms. The van der Waals surface area contributed by atoms with Crippen LogP contribution in [0.5, 0.6) is 5.75 Å². The number of alkyl halides is 3. The minimum absolute atomic E-state index is 0.0389. The second kappa shape index (κ2) is 7.14. The van der Waals surface area contributed by atoms with Gasteiger partial charge in [0.15, 0.2) is 0 Å². The Labute approximate surface area is 114 Å². The summed E-state index contributed by atoms with van der Waals surface area (Å²) in [6.45, 7) is -1.96. The highest BCUT2D eigenvalue weighted by Crippen LogP contribution is 2.22. The van der Waals surface area contributed by atoms with Crippen molar-refractivity contribution in [3.05, 3.63) is 29.8 Å². The molecule has 0 saturated heterocycles. The molecule has 1 aromatic carbocycles. The first kappa shape index (κ1) is 16.3. The van der Waals surface area contributed by atoms with Crippen molar-refractivity contribution in [3.8, 4) is 5.75 Å². The Hall–Kier alpha value is -1.76. The fraction of sp³-hybridized carbons (Fsp3) is 0.462. The number of benzene rings is 1. The largest absolute Gasteiger partial charge is 0.496 e. The fourth-order valence-electron chi connectivity index (χ4n) is 1.67. The van der Waals surface area contributed by atoms with Crippen LogP contribution in [0.3, 0.4) is 0 Å². The van der Waals surface area contributed by atoms with Gasteiger partial charge in [0.1, 0.15) is 12.4 Å². The van der Waals surface area contributed by atoms with Crippen LogP contribution >= 0.6 is 0 Å². The number of hydrogen-bond donors (Lipinski definition) is 1. The highest BCUT2D eigenvalue weighted by atomic mass is 19.4. The van der Waals surface area contributed by atoms with Gasteiger partial charge in [0, 0.05) is 0 Å². The lowest BCUT2D eigenvalue weighted by Gasteiger charge is -2.15. The van der Waals surface area contributed by atoms with Crippen molar-refractivity contribution in [2.45, 2.75) is 12.6 Å². The standard InChI is InChI=1S/C13H15F3O4/c1-19-11-5-3-2-4-9(11)6-10(12(17)18)7-20-8-13(14,15)16/h2-5,10H,6-8H2,1H3,(H,17,18). The molecule has 0 aromatic heterocycles. The van der Waals surface area contributed by atoms with Gasteiger partial charge in [-0.1, -0.05) is 18.2 Å². The zero-order chi connectivity index (χ0) is 15.2. The van der Waals surface area contributed by atoms with Crippen molar-refractivity contribution in [1.82, 2.24) is 0 Å². The number of para-hydroxylation sites is 1. The first-order valence-electron chi connectivity index (χ1n) is 5.82. The van der Waals surface area contributed by atoms with Crippen molar-refractivity contribution >= 4 is 5.97 Å². The Kier molecular flexibility index (Phi) is 5.82. The predicted octanol–water partition coefficient (Wildman–Crippen LogP) is 2.52. The summed E-state index contributed by atoms with van der Waals surface area (Å²) in [5.74, 6) is -1.78. The molecule has 1 N–H and O–H groups in total. The number of hydrogen-bond acceptors (Lipinski definition) is 3. The van der Waals surface area contributed by atoms with Gasteiger partial charge in [0.2, 0.25) is 0 Å². The van der Waals surface area contributed by atoms with E-state index in [-0.39, 0.29) is 6.42 Å². The molecule has 1 atom stereocenters. The smallest absolute Gasteiger partial charge is 0.411 e. The molecule has 4 nitrogen and oxygen atoms in total. The molecule has 0 heterocycles. The van der Waals surface area contributed by atoms with E-state index in [0.29, 0.717) is 11.3 Å². The number of carboxylic acids is 1. The van der Waals surface area contributed by atoms with E-state index in [2.05, 4.69) is 4.74 Å². The molecule has 0 bridgehead atoms. The number of carbonyl (C=O) groups is 1. The highest BCUT2D eigenvalue weighted by molar-refractivity contribution is 5.70. The molecular weight excluding hydrogens is 277 g/mol. The van der Waals surface area contributed by atoms with Gasteiger partial charge in [0.05, 0.1) is 19.6 Å². The number of methoxy groups -OCH3 is 1. The van der Waals surface area contributed by atoms with Crippen LogP contribution in [0.4, 0.5) is 13.2 Å². The van der Waals surface area contributed by atoms with Gasteiger partial charge in [-0.05, 0) is 18.1 Å². The minimum Gasteiger partial charge on any atom is -0.496 e. The second-order valence-corrected chi connectivity index (χ2v) is 4.18. The summed E-state index contributed by atoms with van der Waals surface area (Å²) in [5, 5.41) is 9.03. The Morgan fingerprint density at radius 3 is 2.55 bits per heavy atom. The lowest BCUT2D eigenvalue weighted by Crippen LogP contribution is -2.26. The predicted molar refractivity (Wildman–Crippen MR) is 64.7 cm³/mol. The van der Waals surface area contributed by atoms with Crippen molar-refractivity contribution in [3.63, 3.8) is 0 Å². The topological polar surface area (TPSA) is 55.8 Å². The monoisotopic (exact) mass is 292 g/mol. The molecule has 0 aliphatic rings. The van der Waals surface area contributed by atoms with Gasteiger partial charge < -0.3 is 14.6 Å². The molecule has 0 fully saturated rings. The summed E-state index contributed by atoms with van der Waals surface area (Å²) >= 11 is 0. The Morgan fingerprint density at radius 1 is 1.35 bits per heavy atom. The number of carboxylic acid groups (broad SMARTS) is 1. The van der Waals surface area contributed by atoms with Crippen molar-refractivity contribution < 1.29 is 32.5 Å². The van der Waals surface area contributed by atoms with Crippen LogP contribution in [-0.2, 0) is 16.0 Å². The molecule has 0 spiro atoms. The first-order chi connectivity index (χ1) is 9.33. The van der Waals surface area contributed by atoms with Crippen LogP contribution in [0.15, 0.2) is 24.3 Å². The van der Waals surface area contributed by atoms with Crippen molar-refractivity contribution in [2.75, 3.05) is 20.3 Å². The molecule has 1 aromatic rings. The van der Waals surface area contributed by atoms with Gasteiger partial charge in [-0.15, -0.1) is 0 Å². The molecule has 0 radical (unpaired) electrons. The summed E-state index contributed by atoms with van der Waals surface area (Å²) in [7, 11) is 1.44. The van der Waals surface area contributed by atoms with Crippen LogP contribution in [0.2, 0.25) is 0 Å². The van der Waals surface area contributed by atoms with Crippen LogP contribution in [-0.4, -0.2) is 37.6 Å².